The predicted octanol–water partition coefficient (Wildman–Crippen LogP) is 1.66. The molecule has 19 heavy (non-hydrogen) atoms. The molecule has 0 saturated heterocycles. The average molecular weight is 289 g/mol. The van der Waals surface area contributed by atoms with Gasteiger partial charge in [-0.15, -0.1) is 0 Å². The molecular formula is C13H23NO4S. The van der Waals surface area contributed by atoms with Crippen molar-refractivity contribution in [2.75, 3.05) is 12.9 Å². The van der Waals surface area contributed by atoms with Gasteiger partial charge in [-0.25, -0.2) is 4.79 Å². The number of amides is 1. The predicted molar refractivity (Wildman–Crippen MR) is 75.4 cm³/mol. The number of rotatable bonds is 7. The highest BCUT2D eigenvalue weighted by atomic mass is 32.2. The molecule has 2 N–H and O–H groups in total. The average Bonchev–Trinajstić information content (AvgIpc) is 2.37. The molecule has 1 amide bonds. The standard InChI is InChI=1S/C13H23NO4S/c1-9(15)14-12(13(16)17)6-7-19-11-5-3-4-10(8-11)18-2/h10-12H,3-8H2,1-2H3,(H,14,15)(H,16,17). The number of nitrogens with one attached hydrogen (secondary N) is 1. The van der Waals surface area contributed by atoms with Crippen molar-refractivity contribution in [3.8, 4) is 0 Å². The summed E-state index contributed by atoms with van der Waals surface area (Å²) in [5.74, 6) is -0.512. The lowest BCUT2D eigenvalue weighted by Gasteiger charge is -2.28. The SMILES string of the molecule is COC1CCCC(SCCC(NC(C)=O)C(=O)O)C1. The lowest BCUT2D eigenvalue weighted by molar-refractivity contribution is -0.141. The first-order valence-electron chi connectivity index (χ1n) is 6.67. The summed E-state index contributed by atoms with van der Waals surface area (Å²) in [5.41, 5.74) is 0. The van der Waals surface area contributed by atoms with Crippen molar-refractivity contribution in [2.24, 2.45) is 0 Å². The fourth-order valence-corrected chi connectivity index (χ4v) is 3.71. The third-order valence-corrected chi connectivity index (χ3v) is 4.72. The van der Waals surface area contributed by atoms with Crippen molar-refractivity contribution in [3.05, 3.63) is 0 Å². The lowest BCUT2D eigenvalue weighted by Crippen LogP contribution is -2.40. The van der Waals surface area contributed by atoms with Gasteiger partial charge >= 0.3 is 5.97 Å². The zero-order valence-corrected chi connectivity index (χ0v) is 12.4. The van der Waals surface area contributed by atoms with Crippen LogP contribution in [0.3, 0.4) is 0 Å². The molecule has 1 aliphatic carbocycles. The number of methoxy groups -OCH3 is 1. The molecule has 0 heterocycles. The van der Waals surface area contributed by atoms with Crippen LogP contribution in [0.4, 0.5) is 0 Å². The van der Waals surface area contributed by atoms with E-state index in [1.165, 1.54) is 19.8 Å². The topological polar surface area (TPSA) is 75.6 Å². The summed E-state index contributed by atoms with van der Waals surface area (Å²) >= 11 is 1.79. The van der Waals surface area contributed by atoms with E-state index >= 15 is 0 Å². The van der Waals surface area contributed by atoms with Crippen LogP contribution >= 0.6 is 11.8 Å². The summed E-state index contributed by atoms with van der Waals surface area (Å²) in [6.07, 6.45) is 5.31. The number of carbonyl (C=O) groups is 2. The Labute approximate surface area is 118 Å². The number of hydrogen-bond acceptors (Lipinski definition) is 4. The van der Waals surface area contributed by atoms with Crippen LogP contribution in [0, 0.1) is 0 Å². The van der Waals surface area contributed by atoms with Crippen molar-refractivity contribution in [1.29, 1.82) is 0 Å². The van der Waals surface area contributed by atoms with Gasteiger partial charge in [-0.3, -0.25) is 4.79 Å². The first-order chi connectivity index (χ1) is 9.02. The quantitative estimate of drug-likeness (QED) is 0.745. The summed E-state index contributed by atoms with van der Waals surface area (Å²) in [5, 5.41) is 12.0. The maximum Gasteiger partial charge on any atom is 0.326 e. The van der Waals surface area contributed by atoms with E-state index in [4.69, 9.17) is 9.84 Å². The number of hydrogen-bond donors (Lipinski definition) is 2. The zero-order valence-electron chi connectivity index (χ0n) is 11.6. The maximum absolute atomic E-state index is 11.0. The van der Waals surface area contributed by atoms with Gasteiger partial charge in [0.2, 0.25) is 5.91 Å². The number of aliphatic carboxylic acids is 1. The Kier molecular flexibility index (Phi) is 7.23. The highest BCUT2D eigenvalue weighted by molar-refractivity contribution is 7.99. The maximum atomic E-state index is 11.0. The summed E-state index contributed by atoms with van der Waals surface area (Å²) < 4.78 is 5.38. The van der Waals surface area contributed by atoms with Gasteiger partial charge in [-0.05, 0) is 37.9 Å². The molecule has 3 atom stereocenters. The second-order valence-corrected chi connectivity index (χ2v) is 6.31. The van der Waals surface area contributed by atoms with Crippen LogP contribution in [0.25, 0.3) is 0 Å². The molecule has 1 fully saturated rings. The Morgan fingerprint density at radius 1 is 1.47 bits per heavy atom. The molecule has 0 bridgehead atoms. The molecule has 0 aromatic rings. The van der Waals surface area contributed by atoms with Crippen LogP contribution in [0.2, 0.25) is 0 Å². The number of carbonyl (C=O) groups excluding carboxylic acids is 1. The van der Waals surface area contributed by atoms with Crippen molar-refractivity contribution in [3.63, 3.8) is 0 Å². The van der Waals surface area contributed by atoms with Gasteiger partial charge in [0.05, 0.1) is 6.10 Å². The summed E-state index contributed by atoms with van der Waals surface area (Å²) in [4.78, 5) is 21.9. The van der Waals surface area contributed by atoms with Gasteiger partial charge < -0.3 is 15.2 Å². The molecule has 1 aliphatic rings. The van der Waals surface area contributed by atoms with Crippen LogP contribution < -0.4 is 5.32 Å². The Bertz CT molecular complexity index is 311. The highest BCUT2D eigenvalue weighted by Crippen LogP contribution is 2.30. The van der Waals surface area contributed by atoms with E-state index in [9.17, 15) is 9.59 Å². The monoisotopic (exact) mass is 289 g/mol. The normalized spacial score (nSPS) is 24.7. The Morgan fingerprint density at radius 3 is 2.79 bits per heavy atom. The van der Waals surface area contributed by atoms with E-state index < -0.39 is 12.0 Å². The molecular weight excluding hydrogens is 266 g/mol. The Balaban J connectivity index is 2.27. The highest BCUT2D eigenvalue weighted by Gasteiger charge is 2.23. The fraction of sp³-hybridized carbons (Fsp3) is 0.846. The van der Waals surface area contributed by atoms with Gasteiger partial charge in [0.1, 0.15) is 6.04 Å². The van der Waals surface area contributed by atoms with Gasteiger partial charge in [-0.2, -0.15) is 11.8 Å². The molecule has 1 rings (SSSR count). The van der Waals surface area contributed by atoms with Gasteiger partial charge in [-0.1, -0.05) is 0 Å². The van der Waals surface area contributed by atoms with Crippen molar-refractivity contribution in [1.82, 2.24) is 5.32 Å². The molecule has 3 unspecified atom stereocenters. The molecule has 110 valence electrons. The van der Waals surface area contributed by atoms with Gasteiger partial charge in [0.15, 0.2) is 0 Å². The molecule has 6 heteroatoms. The number of ether oxygens (including phenoxy) is 1. The first-order valence-corrected chi connectivity index (χ1v) is 7.72. The third-order valence-electron chi connectivity index (χ3n) is 3.35. The second-order valence-electron chi connectivity index (χ2n) is 4.90. The fourth-order valence-electron chi connectivity index (χ4n) is 2.32. The van der Waals surface area contributed by atoms with Crippen LogP contribution in [0.5, 0.6) is 0 Å². The van der Waals surface area contributed by atoms with E-state index in [0.717, 1.165) is 18.6 Å². The molecule has 1 saturated carbocycles. The summed E-state index contributed by atoms with van der Waals surface area (Å²) in [7, 11) is 1.74. The molecule has 0 aromatic heterocycles. The van der Waals surface area contributed by atoms with E-state index in [0.29, 0.717) is 17.8 Å². The Hall–Kier alpha value is -0.750. The number of carboxylic acid groups (broad SMARTS) is 1. The van der Waals surface area contributed by atoms with Gasteiger partial charge in [0, 0.05) is 19.3 Å². The minimum atomic E-state index is -0.964. The van der Waals surface area contributed by atoms with Gasteiger partial charge in [0.25, 0.3) is 0 Å². The minimum Gasteiger partial charge on any atom is -0.480 e. The van der Waals surface area contributed by atoms with Crippen LogP contribution in [-0.4, -0.2) is 47.2 Å². The molecule has 5 nitrogen and oxygen atoms in total. The number of carboxylic acids is 1. The number of thioether (sulfide) groups is 1. The minimum absolute atomic E-state index is 0.297. The molecule has 0 aliphatic heterocycles. The van der Waals surface area contributed by atoms with E-state index in [1.54, 1.807) is 18.9 Å². The van der Waals surface area contributed by atoms with Crippen molar-refractivity contribution < 1.29 is 19.4 Å². The van der Waals surface area contributed by atoms with Crippen LogP contribution in [0.1, 0.15) is 39.0 Å². The van der Waals surface area contributed by atoms with Crippen molar-refractivity contribution in [2.45, 2.75) is 56.4 Å². The molecule has 0 radical (unpaired) electrons. The first kappa shape index (κ1) is 16.3. The van der Waals surface area contributed by atoms with Crippen LogP contribution in [-0.2, 0) is 14.3 Å². The zero-order chi connectivity index (χ0) is 14.3. The second kappa shape index (κ2) is 8.43. The third kappa shape index (κ3) is 6.29. The summed E-state index contributed by atoms with van der Waals surface area (Å²) in [6.45, 7) is 1.34. The van der Waals surface area contributed by atoms with E-state index in [-0.39, 0.29) is 5.91 Å². The van der Waals surface area contributed by atoms with E-state index in [1.807, 2.05) is 0 Å². The smallest absolute Gasteiger partial charge is 0.326 e. The van der Waals surface area contributed by atoms with Crippen molar-refractivity contribution >= 4 is 23.6 Å². The van der Waals surface area contributed by atoms with E-state index in [2.05, 4.69) is 5.32 Å². The molecule has 0 aromatic carbocycles. The molecule has 0 spiro atoms. The largest absolute Gasteiger partial charge is 0.480 e. The Morgan fingerprint density at radius 2 is 2.21 bits per heavy atom. The summed E-state index contributed by atoms with van der Waals surface area (Å²) in [6, 6.07) is -0.771. The van der Waals surface area contributed by atoms with Crippen LogP contribution in [0.15, 0.2) is 0 Å². The lowest BCUT2D eigenvalue weighted by atomic mass is 9.97.